The minimum atomic E-state index is -0.182. The third-order valence-electron chi connectivity index (χ3n) is 4.74. The molecule has 2 heterocycles. The number of fused-ring (bicyclic) bond motifs is 1. The Morgan fingerprint density at radius 1 is 1.21 bits per heavy atom. The van der Waals surface area contributed by atoms with E-state index in [0.29, 0.717) is 13.0 Å². The molecule has 0 radical (unpaired) electrons. The number of thioether (sulfide) groups is 1. The summed E-state index contributed by atoms with van der Waals surface area (Å²) in [6, 6.07) is 11.5. The molecule has 1 unspecified atom stereocenters. The average molecular weight is 399 g/mol. The SMILES string of the molecule is CSCCC(NC(=O)CCOc1cccc(C)c1C)c1nnc2ccccn12. The van der Waals surface area contributed by atoms with Crippen LogP contribution in [0.4, 0.5) is 0 Å². The Labute approximate surface area is 169 Å². The van der Waals surface area contributed by atoms with Gasteiger partial charge < -0.3 is 10.1 Å². The van der Waals surface area contributed by atoms with Crippen LogP contribution in [0.2, 0.25) is 0 Å². The molecule has 0 aliphatic heterocycles. The predicted molar refractivity (Wildman–Crippen MR) is 113 cm³/mol. The maximum absolute atomic E-state index is 12.5. The van der Waals surface area contributed by atoms with E-state index in [4.69, 9.17) is 4.74 Å². The lowest BCUT2D eigenvalue weighted by atomic mass is 10.1. The van der Waals surface area contributed by atoms with E-state index in [1.807, 2.05) is 60.8 Å². The molecule has 0 saturated heterocycles. The van der Waals surface area contributed by atoms with Crippen molar-refractivity contribution in [2.45, 2.75) is 32.7 Å². The molecule has 2 aromatic heterocycles. The lowest BCUT2D eigenvalue weighted by Gasteiger charge is -2.17. The molecule has 1 N–H and O–H groups in total. The summed E-state index contributed by atoms with van der Waals surface area (Å²) in [5.41, 5.74) is 3.06. The van der Waals surface area contributed by atoms with E-state index >= 15 is 0 Å². The van der Waals surface area contributed by atoms with Crippen LogP contribution < -0.4 is 10.1 Å². The van der Waals surface area contributed by atoms with Crippen molar-refractivity contribution in [2.24, 2.45) is 0 Å². The second-order valence-corrected chi connectivity index (χ2v) is 7.67. The van der Waals surface area contributed by atoms with Crippen molar-refractivity contribution in [3.05, 3.63) is 59.5 Å². The molecule has 0 aliphatic rings. The highest BCUT2D eigenvalue weighted by atomic mass is 32.2. The zero-order chi connectivity index (χ0) is 19.9. The molecule has 7 heteroatoms. The van der Waals surface area contributed by atoms with Gasteiger partial charge >= 0.3 is 0 Å². The zero-order valence-electron chi connectivity index (χ0n) is 16.5. The Morgan fingerprint density at radius 2 is 2.07 bits per heavy atom. The first kappa shape index (κ1) is 20.2. The Hall–Kier alpha value is -2.54. The van der Waals surface area contributed by atoms with Crippen molar-refractivity contribution in [1.29, 1.82) is 0 Å². The van der Waals surface area contributed by atoms with Gasteiger partial charge in [-0.15, -0.1) is 10.2 Å². The van der Waals surface area contributed by atoms with E-state index in [2.05, 4.69) is 21.8 Å². The molecule has 1 aromatic carbocycles. The summed E-state index contributed by atoms with van der Waals surface area (Å²) >= 11 is 1.74. The van der Waals surface area contributed by atoms with E-state index in [-0.39, 0.29) is 11.9 Å². The van der Waals surface area contributed by atoms with E-state index < -0.39 is 0 Å². The number of carbonyl (C=O) groups excluding carboxylic acids is 1. The predicted octanol–water partition coefficient (Wildman–Crippen LogP) is 3.73. The van der Waals surface area contributed by atoms with E-state index in [0.717, 1.165) is 35.0 Å². The van der Waals surface area contributed by atoms with Crippen LogP contribution in [0.1, 0.15) is 35.8 Å². The summed E-state index contributed by atoms with van der Waals surface area (Å²) in [6.45, 7) is 4.42. The number of hydrogen-bond acceptors (Lipinski definition) is 5. The molecule has 0 aliphatic carbocycles. The number of amides is 1. The van der Waals surface area contributed by atoms with Crippen LogP contribution in [0.5, 0.6) is 5.75 Å². The van der Waals surface area contributed by atoms with Crippen LogP contribution in [-0.2, 0) is 4.79 Å². The van der Waals surface area contributed by atoms with Gasteiger partial charge in [0.15, 0.2) is 11.5 Å². The third-order valence-corrected chi connectivity index (χ3v) is 5.38. The molecular weight excluding hydrogens is 372 g/mol. The minimum Gasteiger partial charge on any atom is -0.493 e. The quantitative estimate of drug-likeness (QED) is 0.595. The van der Waals surface area contributed by atoms with Crippen LogP contribution in [0.15, 0.2) is 42.6 Å². The first-order chi connectivity index (χ1) is 13.6. The van der Waals surface area contributed by atoms with Gasteiger partial charge in [-0.2, -0.15) is 11.8 Å². The molecular formula is C21H26N4O2S. The lowest BCUT2D eigenvalue weighted by molar-refractivity contribution is -0.122. The van der Waals surface area contributed by atoms with Gasteiger partial charge in [-0.05, 0) is 61.6 Å². The second kappa shape index (κ2) is 9.59. The third kappa shape index (κ3) is 4.84. The fourth-order valence-electron chi connectivity index (χ4n) is 3.00. The molecule has 6 nitrogen and oxygen atoms in total. The molecule has 1 amide bonds. The highest BCUT2D eigenvalue weighted by Crippen LogP contribution is 2.21. The largest absolute Gasteiger partial charge is 0.493 e. The number of aromatic nitrogens is 3. The topological polar surface area (TPSA) is 68.5 Å². The summed E-state index contributed by atoms with van der Waals surface area (Å²) < 4.78 is 7.74. The number of aryl methyl sites for hydroxylation is 1. The van der Waals surface area contributed by atoms with Crippen molar-refractivity contribution in [3.63, 3.8) is 0 Å². The number of nitrogens with one attached hydrogen (secondary N) is 1. The lowest BCUT2D eigenvalue weighted by Crippen LogP contribution is -2.31. The van der Waals surface area contributed by atoms with Crippen LogP contribution in [0.3, 0.4) is 0 Å². The zero-order valence-corrected chi connectivity index (χ0v) is 17.3. The Kier molecular flexibility index (Phi) is 6.92. The highest BCUT2D eigenvalue weighted by Gasteiger charge is 2.20. The number of carbonyl (C=O) groups is 1. The molecule has 28 heavy (non-hydrogen) atoms. The van der Waals surface area contributed by atoms with E-state index in [1.165, 1.54) is 5.56 Å². The number of ether oxygens (including phenoxy) is 1. The van der Waals surface area contributed by atoms with Gasteiger partial charge in [0, 0.05) is 6.20 Å². The van der Waals surface area contributed by atoms with Crippen molar-refractivity contribution >= 4 is 23.3 Å². The molecule has 0 bridgehead atoms. The van der Waals surface area contributed by atoms with Gasteiger partial charge in [-0.3, -0.25) is 9.20 Å². The van der Waals surface area contributed by atoms with Crippen LogP contribution >= 0.6 is 11.8 Å². The van der Waals surface area contributed by atoms with Gasteiger partial charge in [-0.1, -0.05) is 18.2 Å². The Morgan fingerprint density at radius 3 is 2.89 bits per heavy atom. The average Bonchev–Trinajstić information content (AvgIpc) is 3.12. The van der Waals surface area contributed by atoms with Crippen LogP contribution in [-0.4, -0.2) is 39.1 Å². The first-order valence-electron chi connectivity index (χ1n) is 9.37. The van der Waals surface area contributed by atoms with Crippen molar-refractivity contribution in [1.82, 2.24) is 19.9 Å². The Balaban J connectivity index is 1.62. The number of rotatable bonds is 9. The summed E-state index contributed by atoms with van der Waals surface area (Å²) in [4.78, 5) is 12.5. The summed E-state index contributed by atoms with van der Waals surface area (Å²) in [7, 11) is 0. The maximum Gasteiger partial charge on any atom is 0.224 e. The molecule has 0 spiro atoms. The van der Waals surface area contributed by atoms with E-state index in [9.17, 15) is 4.79 Å². The molecule has 1 atom stereocenters. The monoisotopic (exact) mass is 398 g/mol. The first-order valence-corrected chi connectivity index (χ1v) is 10.8. The minimum absolute atomic E-state index is 0.0518. The van der Waals surface area contributed by atoms with Gasteiger partial charge in [0.2, 0.25) is 5.91 Å². The van der Waals surface area contributed by atoms with Gasteiger partial charge in [0.05, 0.1) is 19.1 Å². The smallest absolute Gasteiger partial charge is 0.224 e. The molecule has 0 saturated carbocycles. The van der Waals surface area contributed by atoms with Crippen LogP contribution in [0.25, 0.3) is 5.65 Å². The number of nitrogens with zero attached hydrogens (tertiary/aromatic N) is 3. The van der Waals surface area contributed by atoms with Crippen LogP contribution in [0, 0.1) is 13.8 Å². The highest BCUT2D eigenvalue weighted by molar-refractivity contribution is 7.98. The van der Waals surface area contributed by atoms with Crippen molar-refractivity contribution in [2.75, 3.05) is 18.6 Å². The van der Waals surface area contributed by atoms with Gasteiger partial charge in [0.25, 0.3) is 0 Å². The fraction of sp³-hybridized carbons (Fsp3) is 0.381. The summed E-state index contributed by atoms with van der Waals surface area (Å²) in [6.07, 6.45) is 5.06. The van der Waals surface area contributed by atoms with Gasteiger partial charge in [0.1, 0.15) is 5.75 Å². The van der Waals surface area contributed by atoms with Crippen molar-refractivity contribution < 1.29 is 9.53 Å². The molecule has 3 rings (SSSR count). The fourth-order valence-corrected chi connectivity index (χ4v) is 3.47. The van der Waals surface area contributed by atoms with E-state index in [1.54, 1.807) is 11.8 Å². The maximum atomic E-state index is 12.5. The normalized spacial score (nSPS) is 12.1. The molecule has 3 aromatic rings. The molecule has 0 fully saturated rings. The number of pyridine rings is 1. The summed E-state index contributed by atoms with van der Waals surface area (Å²) in [5.74, 6) is 2.46. The Bertz CT molecular complexity index is 941. The molecule has 148 valence electrons. The van der Waals surface area contributed by atoms with Crippen molar-refractivity contribution in [3.8, 4) is 5.75 Å². The standard InChI is InChI=1S/C21H26N4O2S/c1-15-7-6-8-18(16(15)2)27-13-10-20(26)22-17(11-14-28-3)21-24-23-19-9-4-5-12-25(19)21/h4-9,12,17H,10-11,13-14H2,1-3H3,(H,22,26). The number of benzene rings is 1. The summed E-state index contributed by atoms with van der Waals surface area (Å²) in [5, 5.41) is 11.6. The number of hydrogen-bond donors (Lipinski definition) is 1. The van der Waals surface area contributed by atoms with Gasteiger partial charge in [-0.25, -0.2) is 0 Å². The second-order valence-electron chi connectivity index (χ2n) is 6.69.